The Morgan fingerprint density at radius 1 is 1.30 bits per heavy atom. The van der Waals surface area contributed by atoms with Gasteiger partial charge in [0.2, 0.25) is 0 Å². The molecule has 0 aliphatic rings. The quantitative estimate of drug-likeness (QED) is 0.842. The molecule has 0 fully saturated rings. The number of aromatic nitrogens is 2. The van der Waals surface area contributed by atoms with Gasteiger partial charge in [-0.1, -0.05) is 13.8 Å². The minimum atomic E-state index is -0.581. The number of nitrogens with one attached hydrogen (secondary N) is 1. The molecule has 0 saturated heterocycles. The lowest BCUT2D eigenvalue weighted by atomic mass is 10.2. The predicted octanol–water partition coefficient (Wildman–Crippen LogP) is 3.47. The van der Waals surface area contributed by atoms with Crippen molar-refractivity contribution < 1.29 is 8.78 Å². The summed E-state index contributed by atoms with van der Waals surface area (Å²) in [5.74, 6) is -1.15. The molecule has 0 spiro atoms. The summed E-state index contributed by atoms with van der Waals surface area (Å²) in [4.78, 5) is 0. The maximum Gasteiger partial charge on any atom is 0.145 e. The van der Waals surface area contributed by atoms with Gasteiger partial charge in [-0.25, -0.2) is 8.78 Å². The van der Waals surface area contributed by atoms with Crippen LogP contribution in [0.4, 0.5) is 8.78 Å². The fourth-order valence-electron chi connectivity index (χ4n) is 1.77. The van der Waals surface area contributed by atoms with E-state index < -0.39 is 11.6 Å². The van der Waals surface area contributed by atoms with Gasteiger partial charge in [-0.2, -0.15) is 5.10 Å². The SMILES string of the molecule is CC(C)NCc1ccn(Cc2c(F)ccc(Br)c2F)n1. The van der Waals surface area contributed by atoms with Crippen molar-refractivity contribution in [3.8, 4) is 0 Å². The molecule has 0 bridgehead atoms. The highest BCUT2D eigenvalue weighted by molar-refractivity contribution is 9.10. The molecule has 1 N–H and O–H groups in total. The summed E-state index contributed by atoms with van der Waals surface area (Å²) in [6.45, 7) is 4.79. The predicted molar refractivity (Wildman–Crippen MR) is 77.4 cm³/mol. The highest BCUT2D eigenvalue weighted by Gasteiger charge is 2.13. The van der Waals surface area contributed by atoms with Crippen molar-refractivity contribution in [3.05, 3.63) is 51.8 Å². The zero-order valence-electron chi connectivity index (χ0n) is 11.3. The van der Waals surface area contributed by atoms with Gasteiger partial charge in [0, 0.05) is 24.3 Å². The first-order valence-electron chi connectivity index (χ1n) is 6.35. The molecule has 0 unspecified atom stereocenters. The van der Waals surface area contributed by atoms with E-state index in [2.05, 4.69) is 26.3 Å². The van der Waals surface area contributed by atoms with Crippen molar-refractivity contribution >= 4 is 15.9 Å². The van der Waals surface area contributed by atoms with Crippen LogP contribution in [0.1, 0.15) is 25.1 Å². The van der Waals surface area contributed by atoms with Gasteiger partial charge < -0.3 is 5.32 Å². The lowest BCUT2D eigenvalue weighted by Crippen LogP contribution is -2.22. The van der Waals surface area contributed by atoms with Gasteiger partial charge in [0.1, 0.15) is 11.6 Å². The number of halogens is 3. The van der Waals surface area contributed by atoms with Crippen molar-refractivity contribution in [2.75, 3.05) is 0 Å². The molecular formula is C14H16BrF2N3. The van der Waals surface area contributed by atoms with Gasteiger partial charge in [-0.3, -0.25) is 4.68 Å². The van der Waals surface area contributed by atoms with E-state index in [0.29, 0.717) is 12.6 Å². The topological polar surface area (TPSA) is 29.9 Å². The Kier molecular flexibility index (Phi) is 4.88. The van der Waals surface area contributed by atoms with Crippen LogP contribution in [0, 0.1) is 11.6 Å². The molecule has 0 amide bonds. The summed E-state index contributed by atoms with van der Waals surface area (Å²) in [5, 5.41) is 7.53. The third kappa shape index (κ3) is 3.64. The molecular weight excluding hydrogens is 328 g/mol. The summed E-state index contributed by atoms with van der Waals surface area (Å²) in [7, 11) is 0. The largest absolute Gasteiger partial charge is 0.309 e. The molecule has 0 aliphatic heterocycles. The number of hydrogen-bond acceptors (Lipinski definition) is 2. The highest BCUT2D eigenvalue weighted by atomic mass is 79.9. The second-order valence-corrected chi connectivity index (χ2v) is 5.72. The molecule has 1 heterocycles. The Balaban J connectivity index is 2.13. The number of rotatable bonds is 5. The van der Waals surface area contributed by atoms with Crippen molar-refractivity contribution in [2.45, 2.75) is 33.0 Å². The molecule has 108 valence electrons. The molecule has 3 nitrogen and oxygen atoms in total. The van der Waals surface area contributed by atoms with E-state index in [1.54, 1.807) is 6.20 Å². The van der Waals surface area contributed by atoms with Crippen molar-refractivity contribution in [2.24, 2.45) is 0 Å². The van der Waals surface area contributed by atoms with Gasteiger partial charge in [0.15, 0.2) is 0 Å². The van der Waals surface area contributed by atoms with E-state index >= 15 is 0 Å². The zero-order valence-corrected chi connectivity index (χ0v) is 12.9. The Hall–Kier alpha value is -1.27. The smallest absolute Gasteiger partial charge is 0.145 e. The van der Waals surface area contributed by atoms with Crippen LogP contribution < -0.4 is 5.32 Å². The average molecular weight is 344 g/mol. The van der Waals surface area contributed by atoms with E-state index in [1.807, 2.05) is 19.9 Å². The number of nitrogens with zero attached hydrogens (tertiary/aromatic N) is 2. The highest BCUT2D eigenvalue weighted by Crippen LogP contribution is 2.22. The summed E-state index contributed by atoms with van der Waals surface area (Å²) < 4.78 is 29.3. The van der Waals surface area contributed by atoms with Crippen LogP contribution in [0.25, 0.3) is 0 Å². The normalized spacial score (nSPS) is 11.3. The second-order valence-electron chi connectivity index (χ2n) is 4.86. The molecule has 1 aromatic heterocycles. The van der Waals surface area contributed by atoms with Crippen LogP contribution in [-0.2, 0) is 13.1 Å². The van der Waals surface area contributed by atoms with Crippen molar-refractivity contribution in [3.63, 3.8) is 0 Å². The van der Waals surface area contributed by atoms with Crippen molar-refractivity contribution in [1.29, 1.82) is 0 Å². The first-order valence-corrected chi connectivity index (χ1v) is 7.14. The lowest BCUT2D eigenvalue weighted by Gasteiger charge is -2.07. The van der Waals surface area contributed by atoms with Gasteiger partial charge in [0.25, 0.3) is 0 Å². The van der Waals surface area contributed by atoms with Gasteiger partial charge in [-0.05, 0) is 34.1 Å². The zero-order chi connectivity index (χ0) is 14.7. The molecule has 6 heteroatoms. The van der Waals surface area contributed by atoms with Gasteiger partial charge in [-0.15, -0.1) is 0 Å². The van der Waals surface area contributed by atoms with E-state index in [9.17, 15) is 8.78 Å². The monoisotopic (exact) mass is 343 g/mol. The number of benzene rings is 1. The molecule has 1 aromatic carbocycles. The average Bonchev–Trinajstić information content (AvgIpc) is 2.85. The van der Waals surface area contributed by atoms with Crippen LogP contribution in [0.5, 0.6) is 0 Å². The van der Waals surface area contributed by atoms with Crippen LogP contribution >= 0.6 is 15.9 Å². The first kappa shape index (κ1) is 15.1. The summed E-state index contributed by atoms with van der Waals surface area (Å²) in [5.41, 5.74) is 0.848. The van der Waals surface area contributed by atoms with Crippen LogP contribution in [0.3, 0.4) is 0 Å². The van der Waals surface area contributed by atoms with Gasteiger partial charge >= 0.3 is 0 Å². The Labute approximate surface area is 125 Å². The second kappa shape index (κ2) is 6.45. The summed E-state index contributed by atoms with van der Waals surface area (Å²) in [6.07, 6.45) is 1.72. The molecule has 0 radical (unpaired) electrons. The molecule has 2 rings (SSSR count). The molecule has 0 atom stereocenters. The summed E-state index contributed by atoms with van der Waals surface area (Å²) >= 11 is 3.06. The fraction of sp³-hybridized carbons (Fsp3) is 0.357. The third-order valence-corrected chi connectivity index (χ3v) is 3.46. The molecule has 0 saturated carbocycles. The summed E-state index contributed by atoms with van der Waals surface area (Å²) in [6, 6.07) is 4.80. The van der Waals surface area contributed by atoms with Crippen molar-refractivity contribution in [1.82, 2.24) is 15.1 Å². The number of hydrogen-bond donors (Lipinski definition) is 1. The van der Waals surface area contributed by atoms with E-state index in [0.717, 1.165) is 5.69 Å². The van der Waals surface area contributed by atoms with E-state index in [1.165, 1.54) is 16.8 Å². The first-order chi connectivity index (χ1) is 9.47. The Morgan fingerprint density at radius 3 is 2.75 bits per heavy atom. The Morgan fingerprint density at radius 2 is 2.05 bits per heavy atom. The van der Waals surface area contributed by atoms with Crippen LogP contribution in [-0.4, -0.2) is 15.8 Å². The minimum Gasteiger partial charge on any atom is -0.309 e. The fourth-order valence-corrected chi connectivity index (χ4v) is 2.14. The molecule has 20 heavy (non-hydrogen) atoms. The van der Waals surface area contributed by atoms with E-state index in [-0.39, 0.29) is 16.6 Å². The third-order valence-electron chi connectivity index (χ3n) is 2.85. The van der Waals surface area contributed by atoms with E-state index in [4.69, 9.17) is 0 Å². The maximum atomic E-state index is 13.9. The lowest BCUT2D eigenvalue weighted by molar-refractivity contribution is 0.524. The standard InChI is InChI=1S/C14H16BrF2N3/c1-9(2)18-7-10-5-6-20(19-10)8-11-13(16)4-3-12(15)14(11)17/h3-6,9,18H,7-8H2,1-2H3. The minimum absolute atomic E-state index is 0.00541. The van der Waals surface area contributed by atoms with Gasteiger partial charge in [0.05, 0.1) is 16.7 Å². The molecule has 2 aromatic rings. The van der Waals surface area contributed by atoms with Crippen LogP contribution in [0.2, 0.25) is 0 Å². The van der Waals surface area contributed by atoms with Crippen LogP contribution in [0.15, 0.2) is 28.9 Å². The molecule has 0 aliphatic carbocycles. The maximum absolute atomic E-state index is 13.9. The Bertz CT molecular complexity index is 596.